The van der Waals surface area contributed by atoms with Gasteiger partial charge in [0.2, 0.25) is 0 Å². The molecule has 1 aliphatic heterocycles. The Morgan fingerprint density at radius 1 is 1.09 bits per heavy atom. The summed E-state index contributed by atoms with van der Waals surface area (Å²) in [6, 6.07) is 12.7. The van der Waals surface area contributed by atoms with Crippen LogP contribution in [0.5, 0.6) is 0 Å². The maximum atomic E-state index is 14.0. The number of hydrogen-bond acceptors (Lipinski definition) is 3. The molecular formula is C17H16FNO3S. The van der Waals surface area contributed by atoms with Crippen LogP contribution in [0.4, 0.5) is 10.1 Å². The lowest BCUT2D eigenvalue weighted by Crippen LogP contribution is -2.32. The van der Waals surface area contributed by atoms with Gasteiger partial charge in [-0.05, 0) is 31.2 Å². The van der Waals surface area contributed by atoms with Gasteiger partial charge in [0.05, 0.1) is 10.6 Å². The maximum Gasteiger partial charge on any atom is 0.264 e. The lowest BCUT2D eigenvalue weighted by atomic mass is 10.1. The molecule has 120 valence electrons. The Morgan fingerprint density at radius 2 is 1.74 bits per heavy atom. The van der Waals surface area contributed by atoms with Crippen molar-refractivity contribution in [1.82, 2.24) is 0 Å². The van der Waals surface area contributed by atoms with E-state index >= 15 is 0 Å². The van der Waals surface area contributed by atoms with Crippen LogP contribution in [-0.4, -0.2) is 26.9 Å². The summed E-state index contributed by atoms with van der Waals surface area (Å²) >= 11 is 0. The van der Waals surface area contributed by atoms with Crippen LogP contribution in [0.15, 0.2) is 53.4 Å². The zero-order valence-corrected chi connectivity index (χ0v) is 13.4. The van der Waals surface area contributed by atoms with Crippen molar-refractivity contribution in [2.24, 2.45) is 0 Å². The van der Waals surface area contributed by atoms with Crippen molar-refractivity contribution >= 4 is 21.5 Å². The molecule has 0 spiro atoms. The molecule has 0 fully saturated rings. The van der Waals surface area contributed by atoms with Crippen LogP contribution in [-0.2, 0) is 10.0 Å². The Hall–Kier alpha value is -2.21. The van der Waals surface area contributed by atoms with Gasteiger partial charge >= 0.3 is 0 Å². The summed E-state index contributed by atoms with van der Waals surface area (Å²) in [6.45, 7) is 1.80. The van der Waals surface area contributed by atoms with Gasteiger partial charge in [-0.1, -0.05) is 29.8 Å². The van der Waals surface area contributed by atoms with Crippen molar-refractivity contribution in [3.63, 3.8) is 0 Å². The number of ketones is 1. The summed E-state index contributed by atoms with van der Waals surface area (Å²) < 4.78 is 40.9. The molecule has 1 heterocycles. The zero-order chi connectivity index (χ0) is 16.6. The smallest absolute Gasteiger partial charge is 0.264 e. The topological polar surface area (TPSA) is 54.5 Å². The average Bonchev–Trinajstić information content (AvgIpc) is 2.66. The Morgan fingerprint density at radius 3 is 2.43 bits per heavy atom. The number of carbonyl (C=O) groups is 1. The number of halogens is 1. The van der Waals surface area contributed by atoms with Crippen LogP contribution in [0.3, 0.4) is 0 Å². The number of para-hydroxylation sites is 1. The molecule has 23 heavy (non-hydrogen) atoms. The fourth-order valence-corrected chi connectivity index (χ4v) is 4.14. The van der Waals surface area contributed by atoms with E-state index in [4.69, 9.17) is 0 Å². The summed E-state index contributed by atoms with van der Waals surface area (Å²) in [4.78, 5) is 12.2. The molecule has 1 atom stereocenters. The van der Waals surface area contributed by atoms with Crippen LogP contribution in [0.25, 0.3) is 0 Å². The van der Waals surface area contributed by atoms with Gasteiger partial charge in [-0.2, -0.15) is 0 Å². The molecule has 0 unspecified atom stereocenters. The summed E-state index contributed by atoms with van der Waals surface area (Å²) in [5, 5.41) is 0. The van der Waals surface area contributed by atoms with E-state index in [1.807, 2.05) is 6.92 Å². The molecule has 0 N–H and O–H groups in total. The number of Topliss-reactive ketones (excluding diaryl/α,β-unsaturated/α-hetero) is 1. The summed E-state index contributed by atoms with van der Waals surface area (Å²) in [5.74, 6) is -0.665. The number of nitrogens with zero attached hydrogens (tertiary/aromatic N) is 1. The Bertz CT molecular complexity index is 846. The molecular weight excluding hydrogens is 317 g/mol. The molecule has 6 heteroatoms. The quantitative estimate of drug-likeness (QED) is 0.848. The number of benzene rings is 2. The second-order valence-electron chi connectivity index (χ2n) is 5.53. The molecule has 1 aliphatic rings. The molecule has 3 rings (SSSR count). The van der Waals surface area contributed by atoms with Gasteiger partial charge in [0.1, 0.15) is 0 Å². The van der Waals surface area contributed by atoms with Crippen molar-refractivity contribution in [3.05, 3.63) is 59.7 Å². The number of aryl methyl sites for hydroxylation is 1. The van der Waals surface area contributed by atoms with Crippen LogP contribution < -0.4 is 4.31 Å². The van der Waals surface area contributed by atoms with Crippen LogP contribution >= 0.6 is 0 Å². The highest BCUT2D eigenvalue weighted by molar-refractivity contribution is 7.92. The number of carbonyl (C=O) groups excluding carboxylic acids is 1. The normalized spacial score (nSPS) is 18.4. The van der Waals surface area contributed by atoms with Crippen molar-refractivity contribution in [2.45, 2.75) is 24.4 Å². The van der Waals surface area contributed by atoms with Crippen molar-refractivity contribution in [1.29, 1.82) is 0 Å². The van der Waals surface area contributed by atoms with Gasteiger partial charge in [-0.3, -0.25) is 9.10 Å². The molecule has 0 saturated heterocycles. The first-order valence-corrected chi connectivity index (χ1v) is 8.72. The van der Waals surface area contributed by atoms with Gasteiger partial charge < -0.3 is 0 Å². The number of sulfonamides is 1. The van der Waals surface area contributed by atoms with E-state index in [2.05, 4.69) is 0 Å². The Kier molecular flexibility index (Phi) is 3.93. The number of rotatable bonds is 2. The lowest BCUT2D eigenvalue weighted by molar-refractivity contribution is 0.0876. The predicted molar refractivity (Wildman–Crippen MR) is 86.0 cm³/mol. The largest absolute Gasteiger partial charge is 0.291 e. The average molecular weight is 333 g/mol. The van der Waals surface area contributed by atoms with Gasteiger partial charge in [0, 0.05) is 18.5 Å². The molecule has 2 aromatic rings. The lowest BCUT2D eigenvalue weighted by Gasteiger charge is -2.24. The first-order valence-electron chi connectivity index (χ1n) is 7.28. The molecule has 0 aromatic heterocycles. The third-order valence-electron chi connectivity index (χ3n) is 3.92. The van der Waals surface area contributed by atoms with E-state index < -0.39 is 22.0 Å². The molecule has 0 amide bonds. The van der Waals surface area contributed by atoms with Crippen molar-refractivity contribution in [2.75, 3.05) is 10.8 Å². The molecule has 0 bridgehead atoms. The van der Waals surface area contributed by atoms with Crippen LogP contribution in [0.2, 0.25) is 0 Å². The van der Waals surface area contributed by atoms with Crippen molar-refractivity contribution < 1.29 is 17.6 Å². The molecule has 0 aliphatic carbocycles. The SMILES string of the molecule is Cc1ccc(S(=O)(=O)N2CC[C@H](F)C(=O)c3ccccc32)cc1. The summed E-state index contributed by atoms with van der Waals surface area (Å²) in [7, 11) is -3.85. The maximum absolute atomic E-state index is 14.0. The summed E-state index contributed by atoms with van der Waals surface area (Å²) in [6.07, 6.45) is -1.84. The Balaban J connectivity index is 2.13. The minimum atomic E-state index is -3.85. The van der Waals surface area contributed by atoms with Crippen LogP contribution in [0.1, 0.15) is 22.3 Å². The van der Waals surface area contributed by atoms with E-state index in [0.29, 0.717) is 0 Å². The highest BCUT2D eigenvalue weighted by Gasteiger charge is 2.34. The van der Waals surface area contributed by atoms with Gasteiger partial charge in [0.25, 0.3) is 10.0 Å². The fourth-order valence-electron chi connectivity index (χ4n) is 2.64. The second kappa shape index (κ2) is 5.77. The number of anilines is 1. The minimum Gasteiger partial charge on any atom is -0.291 e. The predicted octanol–water partition coefficient (Wildman–Crippen LogP) is 3.11. The first kappa shape index (κ1) is 15.7. The highest BCUT2D eigenvalue weighted by atomic mass is 32.2. The number of hydrogen-bond donors (Lipinski definition) is 0. The second-order valence-corrected chi connectivity index (χ2v) is 7.39. The van der Waals surface area contributed by atoms with E-state index in [9.17, 15) is 17.6 Å². The van der Waals surface area contributed by atoms with Crippen LogP contribution in [0, 0.1) is 6.92 Å². The van der Waals surface area contributed by atoms with E-state index in [1.54, 1.807) is 24.3 Å². The zero-order valence-electron chi connectivity index (χ0n) is 12.6. The van der Waals surface area contributed by atoms with E-state index in [1.165, 1.54) is 24.3 Å². The van der Waals surface area contributed by atoms with E-state index in [-0.39, 0.29) is 29.1 Å². The standard InChI is InChI=1S/C17H16FNO3S/c1-12-6-8-13(9-7-12)23(21,22)19-11-10-15(18)17(20)14-4-2-3-5-16(14)19/h2-9,15H,10-11H2,1H3/t15-/m0/s1. The van der Waals surface area contributed by atoms with Gasteiger partial charge in [-0.25, -0.2) is 12.8 Å². The first-order chi connectivity index (χ1) is 10.9. The molecule has 4 nitrogen and oxygen atoms in total. The monoisotopic (exact) mass is 333 g/mol. The molecule has 2 aromatic carbocycles. The fraction of sp³-hybridized carbons (Fsp3) is 0.235. The van der Waals surface area contributed by atoms with Gasteiger partial charge in [-0.15, -0.1) is 0 Å². The number of fused-ring (bicyclic) bond motifs is 1. The number of alkyl halides is 1. The van der Waals surface area contributed by atoms with Crippen molar-refractivity contribution in [3.8, 4) is 0 Å². The Labute approximate surface area is 134 Å². The summed E-state index contributed by atoms with van der Waals surface area (Å²) in [5.41, 5.74) is 1.28. The molecule has 0 saturated carbocycles. The van der Waals surface area contributed by atoms with Gasteiger partial charge in [0.15, 0.2) is 12.0 Å². The highest BCUT2D eigenvalue weighted by Crippen LogP contribution is 2.32. The minimum absolute atomic E-state index is 0.0693. The third-order valence-corrected chi connectivity index (χ3v) is 5.74. The molecule has 0 radical (unpaired) electrons. The van der Waals surface area contributed by atoms with E-state index in [0.717, 1.165) is 9.87 Å². The third kappa shape index (κ3) is 2.74.